The Bertz CT molecular complexity index is 583. The van der Waals surface area contributed by atoms with Crippen LogP contribution in [0.5, 0.6) is 0 Å². The SMILES string of the molecule is CC(C)(C)[C@@H](N)C(=O)Nc1ccc(C#N)cc1C(F)(F)F. The monoisotopic (exact) mass is 299 g/mol. The number of nitrogens with one attached hydrogen (secondary N) is 1. The summed E-state index contributed by atoms with van der Waals surface area (Å²) in [7, 11) is 0. The van der Waals surface area contributed by atoms with Gasteiger partial charge < -0.3 is 11.1 Å². The summed E-state index contributed by atoms with van der Waals surface area (Å²) >= 11 is 0. The van der Waals surface area contributed by atoms with Crippen molar-refractivity contribution in [1.29, 1.82) is 5.26 Å². The molecule has 0 aromatic heterocycles. The maximum Gasteiger partial charge on any atom is 0.418 e. The van der Waals surface area contributed by atoms with Gasteiger partial charge in [0.1, 0.15) is 0 Å². The number of carbonyl (C=O) groups excluding carboxylic acids is 1. The van der Waals surface area contributed by atoms with Crippen LogP contribution in [0.3, 0.4) is 0 Å². The lowest BCUT2D eigenvalue weighted by Crippen LogP contribution is -2.45. The highest BCUT2D eigenvalue weighted by atomic mass is 19.4. The van der Waals surface area contributed by atoms with Crippen LogP contribution >= 0.6 is 0 Å². The molecule has 0 saturated carbocycles. The van der Waals surface area contributed by atoms with Crippen LogP contribution in [0.1, 0.15) is 31.9 Å². The van der Waals surface area contributed by atoms with Gasteiger partial charge in [-0.15, -0.1) is 0 Å². The minimum Gasteiger partial charge on any atom is -0.324 e. The van der Waals surface area contributed by atoms with Crippen molar-refractivity contribution >= 4 is 11.6 Å². The predicted octanol–water partition coefficient (Wildman–Crippen LogP) is 2.89. The molecule has 0 fully saturated rings. The van der Waals surface area contributed by atoms with E-state index in [0.717, 1.165) is 6.07 Å². The number of rotatable bonds is 2. The fraction of sp³-hybridized carbons (Fsp3) is 0.429. The van der Waals surface area contributed by atoms with Crippen LogP contribution in [-0.2, 0) is 11.0 Å². The van der Waals surface area contributed by atoms with Crippen LogP contribution in [0.15, 0.2) is 18.2 Å². The third-order valence-electron chi connectivity index (χ3n) is 2.93. The average Bonchev–Trinajstić information content (AvgIpc) is 2.35. The zero-order valence-corrected chi connectivity index (χ0v) is 11.9. The molecule has 114 valence electrons. The van der Waals surface area contributed by atoms with Gasteiger partial charge in [0.25, 0.3) is 0 Å². The van der Waals surface area contributed by atoms with E-state index in [1.165, 1.54) is 6.07 Å². The second kappa shape index (κ2) is 5.74. The van der Waals surface area contributed by atoms with Crippen molar-refractivity contribution in [1.82, 2.24) is 0 Å². The fourth-order valence-corrected chi connectivity index (χ4v) is 1.56. The van der Waals surface area contributed by atoms with Gasteiger partial charge in [0.15, 0.2) is 0 Å². The third kappa shape index (κ3) is 4.20. The van der Waals surface area contributed by atoms with E-state index in [1.54, 1.807) is 26.8 Å². The van der Waals surface area contributed by atoms with Gasteiger partial charge in [-0.25, -0.2) is 0 Å². The standard InChI is InChI=1S/C14H16F3N3O/c1-13(2,3)11(19)12(21)20-10-5-4-8(7-18)6-9(10)14(15,16)17/h4-6,11H,19H2,1-3H3,(H,20,21)/t11-/m0/s1. The van der Waals surface area contributed by atoms with Crippen LogP contribution in [0, 0.1) is 16.7 Å². The molecule has 7 heteroatoms. The highest BCUT2D eigenvalue weighted by Gasteiger charge is 2.35. The average molecular weight is 299 g/mol. The number of alkyl halides is 3. The molecule has 0 radical (unpaired) electrons. The van der Waals surface area contributed by atoms with Crippen LogP contribution in [0.25, 0.3) is 0 Å². The van der Waals surface area contributed by atoms with E-state index in [4.69, 9.17) is 11.0 Å². The van der Waals surface area contributed by atoms with Crippen molar-refractivity contribution in [2.75, 3.05) is 5.32 Å². The zero-order valence-electron chi connectivity index (χ0n) is 11.9. The summed E-state index contributed by atoms with van der Waals surface area (Å²) in [6.07, 6.45) is -4.68. The topological polar surface area (TPSA) is 78.9 Å². The summed E-state index contributed by atoms with van der Waals surface area (Å²) in [6.45, 7) is 5.13. The van der Waals surface area contributed by atoms with Crippen LogP contribution in [-0.4, -0.2) is 11.9 Å². The Morgan fingerprint density at radius 3 is 2.33 bits per heavy atom. The molecule has 1 aromatic rings. The molecule has 0 aliphatic carbocycles. The quantitative estimate of drug-likeness (QED) is 0.881. The number of carbonyl (C=O) groups is 1. The Balaban J connectivity index is 3.15. The van der Waals surface area contributed by atoms with E-state index in [0.29, 0.717) is 6.07 Å². The summed E-state index contributed by atoms with van der Waals surface area (Å²) < 4.78 is 38.9. The molecule has 3 N–H and O–H groups in total. The van der Waals surface area contributed by atoms with E-state index in [-0.39, 0.29) is 5.56 Å². The van der Waals surface area contributed by atoms with E-state index in [2.05, 4.69) is 5.32 Å². The Labute approximate surface area is 120 Å². The fourth-order valence-electron chi connectivity index (χ4n) is 1.56. The van der Waals surface area contributed by atoms with Gasteiger partial charge in [0.2, 0.25) is 5.91 Å². The first-order chi connectivity index (χ1) is 9.46. The van der Waals surface area contributed by atoms with Gasteiger partial charge in [-0.3, -0.25) is 4.79 Å². The molecule has 0 unspecified atom stereocenters. The third-order valence-corrected chi connectivity index (χ3v) is 2.93. The molecule has 1 atom stereocenters. The highest BCUT2D eigenvalue weighted by Crippen LogP contribution is 2.35. The summed E-state index contributed by atoms with van der Waals surface area (Å²) in [5, 5.41) is 10.9. The molecule has 0 saturated heterocycles. The lowest BCUT2D eigenvalue weighted by Gasteiger charge is -2.26. The van der Waals surface area contributed by atoms with Crippen LogP contribution < -0.4 is 11.1 Å². The molecule has 0 heterocycles. The minimum atomic E-state index is -4.68. The maximum atomic E-state index is 13.0. The first-order valence-corrected chi connectivity index (χ1v) is 6.14. The molecule has 1 aromatic carbocycles. The molecule has 21 heavy (non-hydrogen) atoms. The Kier molecular flexibility index (Phi) is 4.64. The van der Waals surface area contributed by atoms with Gasteiger partial charge in [-0.2, -0.15) is 18.4 Å². The van der Waals surface area contributed by atoms with Crippen molar-refractivity contribution in [2.24, 2.45) is 11.1 Å². The molecule has 0 spiro atoms. The largest absolute Gasteiger partial charge is 0.418 e. The number of halogens is 3. The molecule has 1 rings (SSSR count). The molecular weight excluding hydrogens is 283 g/mol. The Hall–Kier alpha value is -2.07. The Morgan fingerprint density at radius 1 is 1.33 bits per heavy atom. The molecule has 4 nitrogen and oxygen atoms in total. The van der Waals surface area contributed by atoms with Crippen molar-refractivity contribution in [3.05, 3.63) is 29.3 Å². The second-order valence-electron chi connectivity index (χ2n) is 5.70. The van der Waals surface area contributed by atoms with Crippen molar-refractivity contribution in [2.45, 2.75) is 33.0 Å². The second-order valence-corrected chi connectivity index (χ2v) is 5.70. The van der Waals surface area contributed by atoms with E-state index < -0.39 is 34.8 Å². The van der Waals surface area contributed by atoms with Crippen LogP contribution in [0.2, 0.25) is 0 Å². The predicted molar refractivity (Wildman–Crippen MR) is 72.2 cm³/mol. The smallest absolute Gasteiger partial charge is 0.324 e. The number of anilines is 1. The summed E-state index contributed by atoms with van der Waals surface area (Å²) in [6, 6.07) is 3.61. The number of nitriles is 1. The molecule has 0 aliphatic heterocycles. The number of hydrogen-bond donors (Lipinski definition) is 2. The van der Waals surface area contributed by atoms with Gasteiger partial charge in [0, 0.05) is 0 Å². The van der Waals surface area contributed by atoms with Crippen LogP contribution in [0.4, 0.5) is 18.9 Å². The van der Waals surface area contributed by atoms with Crippen molar-refractivity contribution < 1.29 is 18.0 Å². The lowest BCUT2D eigenvalue weighted by molar-refractivity contribution is -0.137. The first kappa shape index (κ1) is 17.0. The number of nitrogens with two attached hydrogens (primary N) is 1. The van der Waals surface area contributed by atoms with Gasteiger partial charge in [-0.05, 0) is 23.6 Å². The van der Waals surface area contributed by atoms with Gasteiger partial charge in [-0.1, -0.05) is 20.8 Å². The summed E-state index contributed by atoms with van der Waals surface area (Å²) in [5.74, 6) is -0.710. The van der Waals surface area contributed by atoms with Crippen molar-refractivity contribution in [3.8, 4) is 6.07 Å². The highest BCUT2D eigenvalue weighted by molar-refractivity contribution is 5.96. The normalized spacial score (nSPS) is 13.4. The lowest BCUT2D eigenvalue weighted by atomic mass is 9.87. The van der Waals surface area contributed by atoms with E-state index >= 15 is 0 Å². The number of hydrogen-bond acceptors (Lipinski definition) is 3. The molecule has 0 aliphatic rings. The summed E-state index contributed by atoms with van der Waals surface area (Å²) in [4.78, 5) is 11.9. The number of benzene rings is 1. The molecular formula is C14H16F3N3O. The number of nitrogens with zero attached hydrogens (tertiary/aromatic N) is 1. The minimum absolute atomic E-state index is 0.138. The number of amides is 1. The van der Waals surface area contributed by atoms with E-state index in [9.17, 15) is 18.0 Å². The maximum absolute atomic E-state index is 13.0. The molecule has 1 amide bonds. The first-order valence-electron chi connectivity index (χ1n) is 6.14. The molecule has 0 bridgehead atoms. The zero-order chi connectivity index (χ0) is 16.4. The van der Waals surface area contributed by atoms with E-state index in [1.807, 2.05) is 0 Å². The Morgan fingerprint density at radius 2 is 1.90 bits per heavy atom. The van der Waals surface area contributed by atoms with Crippen molar-refractivity contribution in [3.63, 3.8) is 0 Å². The summed E-state index contributed by atoms with van der Waals surface area (Å²) in [5.41, 5.74) is 3.50. The van der Waals surface area contributed by atoms with Gasteiger partial charge >= 0.3 is 6.18 Å². The van der Waals surface area contributed by atoms with Gasteiger partial charge in [0.05, 0.1) is 28.9 Å².